The van der Waals surface area contributed by atoms with Crippen molar-refractivity contribution in [3.8, 4) is 0 Å². The zero-order valence-electron chi connectivity index (χ0n) is 17.5. The van der Waals surface area contributed by atoms with Gasteiger partial charge in [0.25, 0.3) is 5.56 Å². The van der Waals surface area contributed by atoms with Crippen molar-refractivity contribution in [2.45, 2.75) is 44.2 Å². The number of ether oxygens (including phenoxy) is 1. The van der Waals surface area contributed by atoms with Gasteiger partial charge in [0.05, 0.1) is 11.0 Å². The highest BCUT2D eigenvalue weighted by molar-refractivity contribution is 7.89. The lowest BCUT2D eigenvalue weighted by Crippen LogP contribution is -2.38. The summed E-state index contributed by atoms with van der Waals surface area (Å²) in [6, 6.07) is 11.8. The number of pyridine rings is 1. The quantitative estimate of drug-likeness (QED) is 0.598. The molecular weight excluding hydrogens is 436 g/mol. The van der Waals surface area contributed by atoms with Crippen LogP contribution in [0.25, 0.3) is 10.9 Å². The Bertz CT molecular complexity index is 1260. The molecule has 1 fully saturated rings. The summed E-state index contributed by atoms with van der Waals surface area (Å²) in [5.41, 5.74) is 3.03. The van der Waals surface area contributed by atoms with Gasteiger partial charge >= 0.3 is 0 Å². The Labute approximate surface area is 186 Å². The maximum absolute atomic E-state index is 13.4. The molecule has 2 heterocycles. The Hall–Kier alpha value is -2.19. The molecule has 1 N–H and O–H groups in total. The van der Waals surface area contributed by atoms with Crippen LogP contribution in [-0.2, 0) is 21.3 Å². The van der Waals surface area contributed by atoms with Crippen molar-refractivity contribution in [1.82, 2.24) is 9.29 Å². The molecular formula is C23H25ClN2O4S. The van der Waals surface area contributed by atoms with E-state index in [1.165, 1.54) is 16.4 Å². The standard InChI is InChI=1S/C23H25ClN2O4S/c1-15-10-17-12-18(23(27)25-22(17)11-16(15)2)13-26(14-20-4-3-9-30-20)31(28,29)21-7-5-19(24)6-8-21/h5-8,10-12,20H,3-4,9,13-14H2,1-2H3,(H,25,27)/t20-/m0/s1. The van der Waals surface area contributed by atoms with E-state index in [-0.39, 0.29) is 29.6 Å². The first kappa shape index (κ1) is 22.0. The third kappa shape index (κ3) is 4.70. The fourth-order valence-electron chi connectivity index (χ4n) is 3.85. The van der Waals surface area contributed by atoms with E-state index in [0.29, 0.717) is 17.2 Å². The Morgan fingerprint density at radius 2 is 1.84 bits per heavy atom. The van der Waals surface area contributed by atoms with Gasteiger partial charge in [-0.25, -0.2) is 8.42 Å². The normalized spacial score (nSPS) is 17.0. The van der Waals surface area contributed by atoms with Crippen LogP contribution in [0.4, 0.5) is 0 Å². The van der Waals surface area contributed by atoms with Crippen molar-refractivity contribution >= 4 is 32.5 Å². The third-order valence-electron chi connectivity index (χ3n) is 5.76. The number of halogens is 1. The highest BCUT2D eigenvalue weighted by Crippen LogP contribution is 2.24. The third-order valence-corrected chi connectivity index (χ3v) is 7.84. The number of aromatic amines is 1. The molecule has 0 bridgehead atoms. The fraction of sp³-hybridized carbons (Fsp3) is 0.348. The van der Waals surface area contributed by atoms with Crippen LogP contribution in [0, 0.1) is 13.8 Å². The SMILES string of the molecule is Cc1cc2cc(CN(C[C@@H]3CCCO3)S(=O)(=O)c3ccc(Cl)cc3)c(=O)[nH]c2cc1C. The van der Waals surface area contributed by atoms with E-state index in [1.807, 2.05) is 26.0 Å². The molecule has 8 heteroatoms. The molecule has 0 radical (unpaired) electrons. The minimum atomic E-state index is -3.85. The molecule has 4 rings (SSSR count). The number of sulfonamides is 1. The van der Waals surface area contributed by atoms with Gasteiger partial charge in [0.1, 0.15) is 0 Å². The summed E-state index contributed by atoms with van der Waals surface area (Å²) in [7, 11) is -3.85. The van der Waals surface area contributed by atoms with E-state index in [1.54, 1.807) is 18.2 Å². The molecule has 164 valence electrons. The van der Waals surface area contributed by atoms with Gasteiger partial charge in [-0.15, -0.1) is 0 Å². The number of aromatic nitrogens is 1. The van der Waals surface area contributed by atoms with Crippen LogP contribution < -0.4 is 5.56 Å². The van der Waals surface area contributed by atoms with Crippen molar-refractivity contribution in [2.75, 3.05) is 13.2 Å². The highest BCUT2D eigenvalue weighted by atomic mass is 35.5. The largest absolute Gasteiger partial charge is 0.377 e. The van der Waals surface area contributed by atoms with Crippen LogP contribution in [0.2, 0.25) is 5.02 Å². The van der Waals surface area contributed by atoms with Crippen LogP contribution in [0.3, 0.4) is 0 Å². The Balaban J connectivity index is 1.73. The first-order valence-corrected chi connectivity index (χ1v) is 12.1. The summed E-state index contributed by atoms with van der Waals surface area (Å²) in [5, 5.41) is 1.33. The van der Waals surface area contributed by atoms with Gasteiger partial charge in [0, 0.05) is 35.8 Å². The van der Waals surface area contributed by atoms with Crippen molar-refractivity contribution in [3.05, 3.63) is 74.5 Å². The molecule has 0 amide bonds. The molecule has 1 saturated heterocycles. The first-order valence-electron chi connectivity index (χ1n) is 10.2. The van der Waals surface area contributed by atoms with Gasteiger partial charge in [0.2, 0.25) is 10.0 Å². The summed E-state index contributed by atoms with van der Waals surface area (Å²) in [4.78, 5) is 15.8. The van der Waals surface area contributed by atoms with E-state index >= 15 is 0 Å². The van der Waals surface area contributed by atoms with E-state index in [9.17, 15) is 13.2 Å². The second kappa shape index (κ2) is 8.74. The highest BCUT2D eigenvalue weighted by Gasteiger charge is 2.30. The molecule has 0 spiro atoms. The first-order chi connectivity index (χ1) is 14.7. The minimum Gasteiger partial charge on any atom is -0.377 e. The van der Waals surface area contributed by atoms with Crippen LogP contribution in [-0.4, -0.2) is 37.0 Å². The van der Waals surface area contributed by atoms with Crippen LogP contribution >= 0.6 is 11.6 Å². The lowest BCUT2D eigenvalue weighted by atomic mass is 10.0. The average Bonchev–Trinajstić information content (AvgIpc) is 3.23. The zero-order chi connectivity index (χ0) is 22.2. The molecule has 1 atom stereocenters. The molecule has 2 aromatic carbocycles. The topological polar surface area (TPSA) is 79.5 Å². The number of benzene rings is 2. The number of hydrogen-bond acceptors (Lipinski definition) is 4. The monoisotopic (exact) mass is 460 g/mol. The molecule has 31 heavy (non-hydrogen) atoms. The predicted molar refractivity (Wildman–Crippen MR) is 122 cm³/mol. The van der Waals surface area contributed by atoms with Crippen LogP contribution in [0.1, 0.15) is 29.5 Å². The lowest BCUT2D eigenvalue weighted by Gasteiger charge is -2.25. The maximum atomic E-state index is 13.4. The average molecular weight is 461 g/mol. The summed E-state index contributed by atoms with van der Waals surface area (Å²) in [5.74, 6) is 0. The zero-order valence-corrected chi connectivity index (χ0v) is 19.1. The number of fused-ring (bicyclic) bond motifs is 1. The number of hydrogen-bond donors (Lipinski definition) is 1. The van der Waals surface area contributed by atoms with Crippen molar-refractivity contribution in [3.63, 3.8) is 0 Å². The van der Waals surface area contributed by atoms with E-state index in [4.69, 9.17) is 16.3 Å². The summed E-state index contributed by atoms with van der Waals surface area (Å²) in [6.07, 6.45) is 1.50. The number of H-pyrrole nitrogens is 1. The molecule has 0 unspecified atom stereocenters. The fourth-order valence-corrected chi connectivity index (χ4v) is 5.42. The molecule has 1 aliphatic heterocycles. The Morgan fingerprint density at radius 3 is 2.52 bits per heavy atom. The Morgan fingerprint density at radius 1 is 1.13 bits per heavy atom. The second-order valence-electron chi connectivity index (χ2n) is 8.03. The van der Waals surface area contributed by atoms with Crippen molar-refractivity contribution in [2.24, 2.45) is 0 Å². The molecule has 0 aliphatic carbocycles. The summed E-state index contributed by atoms with van der Waals surface area (Å²) >= 11 is 5.93. The van der Waals surface area contributed by atoms with Gasteiger partial charge in [0.15, 0.2) is 0 Å². The smallest absolute Gasteiger partial charge is 0.252 e. The van der Waals surface area contributed by atoms with Gasteiger partial charge in [-0.1, -0.05) is 11.6 Å². The van der Waals surface area contributed by atoms with E-state index in [2.05, 4.69) is 4.98 Å². The minimum absolute atomic E-state index is 0.0387. The van der Waals surface area contributed by atoms with Gasteiger partial charge in [-0.05, 0) is 85.7 Å². The predicted octanol–water partition coefficient (Wildman–Crippen LogP) is 4.17. The number of nitrogens with one attached hydrogen (secondary N) is 1. The number of rotatable bonds is 6. The Kier molecular flexibility index (Phi) is 6.21. The van der Waals surface area contributed by atoms with Crippen LogP contribution in [0.15, 0.2) is 52.2 Å². The summed E-state index contributed by atoms with van der Waals surface area (Å²) < 4.78 is 33.9. The van der Waals surface area contributed by atoms with E-state index < -0.39 is 10.0 Å². The molecule has 1 aromatic heterocycles. The van der Waals surface area contributed by atoms with Gasteiger partial charge in [-0.2, -0.15) is 4.31 Å². The van der Waals surface area contributed by atoms with E-state index in [0.717, 1.165) is 34.9 Å². The molecule has 0 saturated carbocycles. The molecule has 6 nitrogen and oxygen atoms in total. The number of nitrogens with zero attached hydrogens (tertiary/aromatic N) is 1. The molecule has 3 aromatic rings. The number of aryl methyl sites for hydroxylation is 2. The van der Waals surface area contributed by atoms with Crippen molar-refractivity contribution < 1.29 is 13.2 Å². The second-order valence-corrected chi connectivity index (χ2v) is 10.4. The van der Waals surface area contributed by atoms with Crippen molar-refractivity contribution in [1.29, 1.82) is 0 Å². The summed E-state index contributed by atoms with van der Waals surface area (Å²) in [6.45, 7) is 4.77. The van der Waals surface area contributed by atoms with Gasteiger partial charge < -0.3 is 9.72 Å². The maximum Gasteiger partial charge on any atom is 0.252 e. The molecule has 1 aliphatic rings. The van der Waals surface area contributed by atoms with Crippen LogP contribution in [0.5, 0.6) is 0 Å². The lowest BCUT2D eigenvalue weighted by molar-refractivity contribution is 0.0925. The van der Waals surface area contributed by atoms with Gasteiger partial charge in [-0.3, -0.25) is 4.79 Å².